The zero-order chi connectivity index (χ0) is 13.7. The molecule has 4 nitrogen and oxygen atoms in total. The van der Waals surface area contributed by atoms with Gasteiger partial charge in [0.1, 0.15) is 11.5 Å². The molecule has 0 bridgehead atoms. The molecule has 0 saturated heterocycles. The molecule has 0 unspecified atom stereocenters. The topological polar surface area (TPSA) is 55.1 Å². The predicted molar refractivity (Wildman–Crippen MR) is 72.6 cm³/mol. The van der Waals surface area contributed by atoms with Crippen molar-refractivity contribution in [2.24, 2.45) is 0 Å². The Morgan fingerprint density at radius 1 is 1.32 bits per heavy atom. The highest BCUT2D eigenvalue weighted by Crippen LogP contribution is 2.09. The van der Waals surface area contributed by atoms with Crippen molar-refractivity contribution in [3.05, 3.63) is 52.9 Å². The van der Waals surface area contributed by atoms with Crippen LogP contribution in [0.1, 0.15) is 29.0 Å². The molecule has 100 valence electrons. The first kappa shape index (κ1) is 13.3. The highest BCUT2D eigenvalue weighted by molar-refractivity contribution is 5.76. The Hall–Kier alpha value is -2.10. The minimum Gasteiger partial charge on any atom is -0.361 e. The van der Waals surface area contributed by atoms with Crippen molar-refractivity contribution >= 4 is 5.91 Å². The summed E-state index contributed by atoms with van der Waals surface area (Å²) in [5.74, 6) is 0.785. The second-order valence-corrected chi connectivity index (χ2v) is 4.63. The highest BCUT2D eigenvalue weighted by atomic mass is 16.5. The molecule has 1 heterocycles. The second-order valence-electron chi connectivity index (χ2n) is 4.63. The van der Waals surface area contributed by atoms with Crippen molar-refractivity contribution < 1.29 is 9.32 Å². The molecule has 0 aliphatic rings. The minimum absolute atomic E-state index is 0.0314. The van der Waals surface area contributed by atoms with Crippen molar-refractivity contribution in [3.8, 4) is 0 Å². The van der Waals surface area contributed by atoms with E-state index in [9.17, 15) is 4.79 Å². The first-order valence-corrected chi connectivity index (χ1v) is 6.38. The largest absolute Gasteiger partial charge is 0.361 e. The van der Waals surface area contributed by atoms with Crippen LogP contribution in [0.3, 0.4) is 0 Å². The van der Waals surface area contributed by atoms with Crippen molar-refractivity contribution in [3.63, 3.8) is 0 Å². The number of carbonyl (C=O) groups excluding carboxylic acids is 1. The van der Waals surface area contributed by atoms with Gasteiger partial charge in [-0.2, -0.15) is 0 Å². The van der Waals surface area contributed by atoms with E-state index in [1.807, 2.05) is 25.1 Å². The van der Waals surface area contributed by atoms with E-state index < -0.39 is 0 Å². The van der Waals surface area contributed by atoms with Crippen molar-refractivity contribution in [2.75, 3.05) is 0 Å². The summed E-state index contributed by atoms with van der Waals surface area (Å²) in [6.07, 6.45) is 1.25. The highest BCUT2D eigenvalue weighted by Gasteiger charge is 2.05. The number of amides is 1. The van der Waals surface area contributed by atoms with Crippen LogP contribution >= 0.6 is 0 Å². The van der Waals surface area contributed by atoms with Gasteiger partial charge in [-0.15, -0.1) is 0 Å². The Labute approximate surface area is 112 Å². The van der Waals surface area contributed by atoms with Crippen LogP contribution in [0.25, 0.3) is 0 Å². The normalized spacial score (nSPS) is 10.4. The van der Waals surface area contributed by atoms with Gasteiger partial charge in [0.2, 0.25) is 5.91 Å². The van der Waals surface area contributed by atoms with Crippen LogP contribution in [0.2, 0.25) is 0 Å². The maximum Gasteiger partial charge on any atom is 0.220 e. The summed E-state index contributed by atoms with van der Waals surface area (Å²) in [6, 6.07) is 9.95. The van der Waals surface area contributed by atoms with Gasteiger partial charge >= 0.3 is 0 Å². The van der Waals surface area contributed by atoms with Gasteiger partial charge in [0.15, 0.2) is 0 Å². The molecule has 0 fully saturated rings. The first-order valence-electron chi connectivity index (χ1n) is 6.38. The average Bonchev–Trinajstić information content (AvgIpc) is 2.81. The van der Waals surface area contributed by atoms with E-state index in [0.29, 0.717) is 13.0 Å². The lowest BCUT2D eigenvalue weighted by molar-refractivity contribution is -0.121. The molecular weight excluding hydrogens is 240 g/mol. The second kappa shape index (κ2) is 6.18. The fourth-order valence-electron chi connectivity index (χ4n) is 1.92. The van der Waals surface area contributed by atoms with E-state index in [2.05, 4.69) is 29.5 Å². The lowest BCUT2D eigenvalue weighted by Gasteiger charge is -2.05. The Morgan fingerprint density at radius 2 is 2.11 bits per heavy atom. The van der Waals surface area contributed by atoms with Crippen LogP contribution in [0.5, 0.6) is 0 Å². The maximum atomic E-state index is 11.7. The van der Waals surface area contributed by atoms with Gasteiger partial charge in [-0.3, -0.25) is 4.79 Å². The molecule has 1 aromatic heterocycles. The van der Waals surface area contributed by atoms with E-state index in [-0.39, 0.29) is 5.91 Å². The summed E-state index contributed by atoms with van der Waals surface area (Å²) in [5.41, 5.74) is 3.19. The molecule has 0 aliphatic carbocycles. The van der Waals surface area contributed by atoms with Gasteiger partial charge in [-0.05, 0) is 31.4 Å². The average molecular weight is 258 g/mol. The molecule has 1 N–H and O–H groups in total. The molecule has 2 rings (SSSR count). The number of hydrogen-bond acceptors (Lipinski definition) is 3. The van der Waals surface area contributed by atoms with E-state index in [1.165, 1.54) is 11.1 Å². The number of nitrogens with one attached hydrogen (secondary N) is 1. The third kappa shape index (κ3) is 3.95. The fraction of sp³-hybridized carbons (Fsp3) is 0.333. The number of carbonyl (C=O) groups is 1. The van der Waals surface area contributed by atoms with E-state index >= 15 is 0 Å². The summed E-state index contributed by atoms with van der Waals surface area (Å²) in [7, 11) is 0. The fourth-order valence-corrected chi connectivity index (χ4v) is 1.92. The summed E-state index contributed by atoms with van der Waals surface area (Å²) in [5, 5.41) is 6.67. The molecule has 0 spiro atoms. The molecule has 4 heteroatoms. The number of hydrogen-bond donors (Lipinski definition) is 1. The summed E-state index contributed by atoms with van der Waals surface area (Å²) in [4.78, 5) is 11.7. The Bertz CT molecular complexity index is 561. The SMILES string of the molecule is Cc1cc(CNC(=O)CCc2ccccc2C)no1. The Morgan fingerprint density at radius 3 is 2.79 bits per heavy atom. The molecule has 19 heavy (non-hydrogen) atoms. The van der Waals surface area contributed by atoms with Gasteiger partial charge < -0.3 is 9.84 Å². The molecule has 0 aliphatic heterocycles. The van der Waals surface area contributed by atoms with Crippen molar-refractivity contribution in [1.82, 2.24) is 10.5 Å². The summed E-state index contributed by atoms with van der Waals surface area (Å²) in [6.45, 7) is 4.31. The van der Waals surface area contributed by atoms with Gasteiger partial charge in [-0.1, -0.05) is 29.4 Å². The monoisotopic (exact) mass is 258 g/mol. The maximum absolute atomic E-state index is 11.7. The smallest absolute Gasteiger partial charge is 0.220 e. The molecular formula is C15H18N2O2. The van der Waals surface area contributed by atoms with E-state index in [0.717, 1.165) is 17.9 Å². The minimum atomic E-state index is 0.0314. The number of nitrogens with zero attached hydrogens (tertiary/aromatic N) is 1. The number of aryl methyl sites for hydroxylation is 3. The van der Waals surface area contributed by atoms with E-state index in [4.69, 9.17) is 4.52 Å². The van der Waals surface area contributed by atoms with Crippen LogP contribution in [-0.2, 0) is 17.8 Å². The summed E-state index contributed by atoms with van der Waals surface area (Å²) >= 11 is 0. The molecule has 0 radical (unpaired) electrons. The van der Waals surface area contributed by atoms with Gasteiger partial charge in [0.05, 0.1) is 6.54 Å². The van der Waals surface area contributed by atoms with Gasteiger partial charge in [-0.25, -0.2) is 0 Å². The zero-order valence-electron chi connectivity index (χ0n) is 11.3. The summed E-state index contributed by atoms with van der Waals surface area (Å²) < 4.78 is 4.94. The molecule has 0 saturated carbocycles. The predicted octanol–water partition coefficient (Wildman–Crippen LogP) is 2.54. The number of rotatable bonds is 5. The van der Waals surface area contributed by atoms with Gasteiger partial charge in [0, 0.05) is 12.5 Å². The van der Waals surface area contributed by atoms with Crippen molar-refractivity contribution in [1.29, 1.82) is 0 Å². The lowest BCUT2D eigenvalue weighted by atomic mass is 10.0. The van der Waals surface area contributed by atoms with Crippen molar-refractivity contribution in [2.45, 2.75) is 33.2 Å². The molecule has 1 amide bonds. The van der Waals surface area contributed by atoms with E-state index in [1.54, 1.807) is 0 Å². The van der Waals surface area contributed by atoms with Crippen LogP contribution in [0, 0.1) is 13.8 Å². The molecule has 2 aromatic rings. The van der Waals surface area contributed by atoms with Crippen LogP contribution in [0.15, 0.2) is 34.9 Å². The third-order valence-corrected chi connectivity index (χ3v) is 3.03. The van der Waals surface area contributed by atoms with Crippen LogP contribution in [-0.4, -0.2) is 11.1 Å². The third-order valence-electron chi connectivity index (χ3n) is 3.03. The molecule has 0 atom stereocenters. The zero-order valence-corrected chi connectivity index (χ0v) is 11.3. The Balaban J connectivity index is 1.77. The van der Waals surface area contributed by atoms with Crippen LogP contribution < -0.4 is 5.32 Å². The standard InChI is InChI=1S/C15H18N2O2/c1-11-5-3-4-6-13(11)7-8-15(18)16-10-14-9-12(2)19-17-14/h3-6,9H,7-8,10H2,1-2H3,(H,16,18). The van der Waals surface area contributed by atoms with Gasteiger partial charge in [0.25, 0.3) is 0 Å². The quantitative estimate of drug-likeness (QED) is 0.896. The Kier molecular flexibility index (Phi) is 4.34. The number of benzene rings is 1. The molecule has 1 aromatic carbocycles. The number of aromatic nitrogens is 1. The lowest BCUT2D eigenvalue weighted by Crippen LogP contribution is -2.23. The van der Waals surface area contributed by atoms with Crippen LogP contribution in [0.4, 0.5) is 0 Å². The first-order chi connectivity index (χ1) is 9.15.